The first kappa shape index (κ1) is 18.5. The average Bonchev–Trinajstić information content (AvgIpc) is 2.79. The molecule has 0 unspecified atom stereocenters. The highest BCUT2D eigenvalue weighted by atomic mass is 32.2. The van der Waals surface area contributed by atoms with E-state index in [-0.39, 0.29) is 5.78 Å². The van der Waals surface area contributed by atoms with Crippen molar-refractivity contribution in [2.75, 3.05) is 41.7 Å². The number of carbonyl (C=O) groups excluding carboxylic acids is 1. The molecule has 4 rings (SSSR count). The zero-order valence-corrected chi connectivity index (χ0v) is 16.4. The summed E-state index contributed by atoms with van der Waals surface area (Å²) in [7, 11) is 0. The molecule has 0 N–H and O–H groups in total. The number of carbonyl (C=O) groups is 1. The largest absolute Gasteiger partial charge is 0.368 e. The van der Waals surface area contributed by atoms with Crippen LogP contribution in [0.3, 0.4) is 0 Å². The molecule has 1 aliphatic heterocycles. The number of aromatic nitrogens is 2. The summed E-state index contributed by atoms with van der Waals surface area (Å²) in [5, 5.41) is 0.833. The summed E-state index contributed by atoms with van der Waals surface area (Å²) in [4.78, 5) is 25.7. The highest BCUT2D eigenvalue weighted by Crippen LogP contribution is 2.23. The van der Waals surface area contributed by atoms with Crippen molar-refractivity contribution in [2.45, 2.75) is 5.03 Å². The minimum absolute atomic E-state index is 0.113. The molecular formula is C22H22N4OS. The quantitative estimate of drug-likeness (QED) is 0.363. The first-order valence-electron chi connectivity index (χ1n) is 9.37. The van der Waals surface area contributed by atoms with Crippen molar-refractivity contribution in [3.8, 4) is 0 Å². The maximum absolute atomic E-state index is 12.3. The Morgan fingerprint density at radius 3 is 2.21 bits per heavy atom. The van der Waals surface area contributed by atoms with E-state index in [2.05, 4.69) is 44.0 Å². The topological polar surface area (TPSA) is 49.3 Å². The zero-order valence-electron chi connectivity index (χ0n) is 15.6. The van der Waals surface area contributed by atoms with Crippen LogP contribution in [0.1, 0.15) is 10.4 Å². The molecule has 0 spiro atoms. The highest BCUT2D eigenvalue weighted by molar-refractivity contribution is 7.99. The fourth-order valence-corrected chi connectivity index (χ4v) is 4.02. The smallest absolute Gasteiger partial charge is 0.173 e. The summed E-state index contributed by atoms with van der Waals surface area (Å²) in [5.74, 6) is 1.42. The van der Waals surface area contributed by atoms with Gasteiger partial charge in [-0.25, -0.2) is 9.97 Å². The third-order valence-corrected chi connectivity index (χ3v) is 5.73. The van der Waals surface area contributed by atoms with Crippen LogP contribution >= 0.6 is 11.8 Å². The highest BCUT2D eigenvalue weighted by Gasteiger charge is 2.19. The van der Waals surface area contributed by atoms with Crippen LogP contribution in [-0.2, 0) is 0 Å². The van der Waals surface area contributed by atoms with Crippen molar-refractivity contribution >= 4 is 29.1 Å². The second-order valence-electron chi connectivity index (χ2n) is 6.60. The van der Waals surface area contributed by atoms with Gasteiger partial charge in [0, 0.05) is 43.5 Å². The Morgan fingerprint density at radius 1 is 0.857 bits per heavy atom. The molecule has 2 aromatic carbocycles. The monoisotopic (exact) mass is 390 g/mol. The zero-order chi connectivity index (χ0) is 19.2. The molecule has 2 heterocycles. The van der Waals surface area contributed by atoms with Gasteiger partial charge in [0.15, 0.2) is 5.78 Å². The van der Waals surface area contributed by atoms with Gasteiger partial charge in [0.25, 0.3) is 0 Å². The van der Waals surface area contributed by atoms with E-state index >= 15 is 0 Å². The molecule has 0 amide bonds. The number of hydrogen-bond donors (Lipinski definition) is 0. The molecule has 6 heteroatoms. The number of hydrogen-bond acceptors (Lipinski definition) is 6. The van der Waals surface area contributed by atoms with E-state index in [0.29, 0.717) is 5.75 Å². The van der Waals surface area contributed by atoms with E-state index in [1.165, 1.54) is 17.4 Å². The molecule has 0 atom stereocenters. The molecule has 0 bridgehead atoms. The lowest BCUT2D eigenvalue weighted by atomic mass is 10.2. The summed E-state index contributed by atoms with van der Waals surface area (Å²) < 4.78 is 0. The van der Waals surface area contributed by atoms with Crippen LogP contribution in [0.5, 0.6) is 0 Å². The maximum atomic E-state index is 12.3. The summed E-state index contributed by atoms with van der Waals surface area (Å²) in [6.07, 6.45) is 1.59. The summed E-state index contributed by atoms with van der Waals surface area (Å²) in [6.45, 7) is 3.75. The van der Waals surface area contributed by atoms with Crippen molar-refractivity contribution in [3.63, 3.8) is 0 Å². The predicted octanol–water partition coefficient (Wildman–Crippen LogP) is 3.78. The van der Waals surface area contributed by atoms with E-state index in [1.807, 2.05) is 42.5 Å². The second kappa shape index (κ2) is 8.89. The van der Waals surface area contributed by atoms with E-state index in [1.54, 1.807) is 6.33 Å². The van der Waals surface area contributed by atoms with Crippen LogP contribution in [0.2, 0.25) is 0 Å². The first-order valence-corrected chi connectivity index (χ1v) is 10.4. The van der Waals surface area contributed by atoms with Gasteiger partial charge in [-0.3, -0.25) is 4.79 Å². The SMILES string of the molecule is O=C(CSc1cc(N2CCN(c3ccccc3)CC2)ncn1)c1ccccc1. The minimum atomic E-state index is 0.113. The molecule has 1 saturated heterocycles. The normalized spacial score (nSPS) is 14.1. The van der Waals surface area contributed by atoms with Gasteiger partial charge in [-0.1, -0.05) is 60.3 Å². The molecule has 1 aromatic heterocycles. The summed E-state index contributed by atoms with van der Waals surface area (Å²) in [6, 6.07) is 21.9. The van der Waals surface area contributed by atoms with Crippen LogP contribution in [0.4, 0.5) is 11.5 Å². The lowest BCUT2D eigenvalue weighted by Gasteiger charge is -2.36. The number of benzene rings is 2. The van der Waals surface area contributed by atoms with Gasteiger partial charge in [0.05, 0.1) is 5.75 Å². The molecule has 5 nitrogen and oxygen atoms in total. The van der Waals surface area contributed by atoms with Crippen molar-refractivity contribution in [3.05, 3.63) is 78.6 Å². The van der Waals surface area contributed by atoms with Crippen LogP contribution in [0.25, 0.3) is 0 Å². The number of para-hydroxylation sites is 1. The van der Waals surface area contributed by atoms with Crippen LogP contribution in [0, 0.1) is 0 Å². The number of ketones is 1. The summed E-state index contributed by atoms with van der Waals surface area (Å²) >= 11 is 1.46. The molecular weight excluding hydrogens is 368 g/mol. The lowest BCUT2D eigenvalue weighted by Crippen LogP contribution is -2.46. The van der Waals surface area contributed by atoms with Crippen molar-refractivity contribution in [2.24, 2.45) is 0 Å². The Hall–Kier alpha value is -2.86. The first-order chi connectivity index (χ1) is 13.8. The van der Waals surface area contributed by atoms with Gasteiger partial charge in [0.1, 0.15) is 17.2 Å². The van der Waals surface area contributed by atoms with Crippen molar-refractivity contribution < 1.29 is 4.79 Å². The molecule has 142 valence electrons. The van der Waals surface area contributed by atoms with Crippen LogP contribution in [0.15, 0.2) is 78.1 Å². The lowest BCUT2D eigenvalue weighted by molar-refractivity contribution is 0.102. The van der Waals surface area contributed by atoms with Gasteiger partial charge in [-0.15, -0.1) is 0 Å². The average molecular weight is 391 g/mol. The third kappa shape index (κ3) is 4.51. The fourth-order valence-electron chi connectivity index (χ4n) is 3.26. The minimum Gasteiger partial charge on any atom is -0.368 e. The van der Waals surface area contributed by atoms with Gasteiger partial charge in [0.2, 0.25) is 0 Å². The van der Waals surface area contributed by atoms with E-state index in [9.17, 15) is 4.79 Å². The van der Waals surface area contributed by atoms with E-state index < -0.39 is 0 Å². The molecule has 28 heavy (non-hydrogen) atoms. The van der Waals surface area contributed by atoms with Gasteiger partial charge in [-0.05, 0) is 12.1 Å². The number of anilines is 2. The third-order valence-electron chi connectivity index (χ3n) is 4.80. The number of nitrogens with zero attached hydrogens (tertiary/aromatic N) is 4. The number of thioether (sulfide) groups is 1. The Balaban J connectivity index is 1.35. The summed E-state index contributed by atoms with van der Waals surface area (Å²) in [5.41, 5.74) is 2.00. The molecule has 3 aromatic rings. The predicted molar refractivity (Wildman–Crippen MR) is 114 cm³/mol. The number of Topliss-reactive ketones (excluding diaryl/α,β-unsaturated/α-hetero) is 1. The van der Waals surface area contributed by atoms with E-state index in [0.717, 1.165) is 42.6 Å². The molecule has 0 saturated carbocycles. The van der Waals surface area contributed by atoms with E-state index in [4.69, 9.17) is 0 Å². The Morgan fingerprint density at radius 2 is 1.50 bits per heavy atom. The second-order valence-corrected chi connectivity index (χ2v) is 7.60. The van der Waals surface area contributed by atoms with Gasteiger partial charge in [-0.2, -0.15) is 0 Å². The van der Waals surface area contributed by atoms with Gasteiger partial charge < -0.3 is 9.80 Å². The molecule has 1 aliphatic rings. The molecule has 0 aliphatic carbocycles. The standard InChI is InChI=1S/C22H22N4OS/c27-20(18-7-3-1-4-8-18)16-28-22-15-21(23-17-24-22)26-13-11-25(12-14-26)19-9-5-2-6-10-19/h1-10,15,17H,11-14,16H2. The Bertz CT molecular complexity index is 912. The maximum Gasteiger partial charge on any atom is 0.173 e. The van der Waals surface area contributed by atoms with Crippen LogP contribution in [-0.4, -0.2) is 47.7 Å². The fraction of sp³-hybridized carbons (Fsp3) is 0.227. The molecule has 0 radical (unpaired) electrons. The number of piperazine rings is 1. The van der Waals surface area contributed by atoms with Crippen LogP contribution < -0.4 is 9.80 Å². The Kier molecular flexibility index (Phi) is 5.87. The Labute approximate surface area is 169 Å². The van der Waals surface area contributed by atoms with Crippen molar-refractivity contribution in [1.29, 1.82) is 0 Å². The number of rotatable bonds is 6. The molecule has 1 fully saturated rings. The van der Waals surface area contributed by atoms with Gasteiger partial charge >= 0.3 is 0 Å². The van der Waals surface area contributed by atoms with Crippen molar-refractivity contribution in [1.82, 2.24) is 9.97 Å².